The molecule has 0 spiro atoms. The van der Waals surface area contributed by atoms with Gasteiger partial charge in [0.25, 0.3) is 5.91 Å². The predicted molar refractivity (Wildman–Crippen MR) is 75.0 cm³/mol. The van der Waals surface area contributed by atoms with Crippen molar-refractivity contribution in [2.75, 3.05) is 18.9 Å². The first-order valence-electron chi connectivity index (χ1n) is 6.72. The second-order valence-corrected chi connectivity index (χ2v) is 4.80. The molecule has 1 aromatic rings. The molecule has 1 unspecified atom stereocenters. The van der Waals surface area contributed by atoms with E-state index in [0.29, 0.717) is 18.9 Å². The van der Waals surface area contributed by atoms with Gasteiger partial charge in [-0.1, -0.05) is 20.8 Å². The quantitative estimate of drug-likeness (QED) is 0.695. The van der Waals surface area contributed by atoms with E-state index < -0.39 is 0 Å². The number of ether oxygens (including phenoxy) is 1. The molecule has 0 saturated carbocycles. The van der Waals surface area contributed by atoms with Gasteiger partial charge in [-0.2, -0.15) is 5.10 Å². The van der Waals surface area contributed by atoms with Crippen molar-refractivity contribution >= 4 is 11.6 Å². The highest BCUT2D eigenvalue weighted by molar-refractivity contribution is 5.97. The number of rotatable bonds is 7. The van der Waals surface area contributed by atoms with Crippen LogP contribution in [0, 0.1) is 5.92 Å². The van der Waals surface area contributed by atoms with E-state index in [1.54, 1.807) is 0 Å². The van der Waals surface area contributed by atoms with Gasteiger partial charge in [0.2, 0.25) is 0 Å². The lowest BCUT2D eigenvalue weighted by molar-refractivity contribution is 0.0802. The summed E-state index contributed by atoms with van der Waals surface area (Å²) in [5.41, 5.74) is 7.36. The molecule has 6 nitrogen and oxygen atoms in total. The van der Waals surface area contributed by atoms with E-state index in [0.717, 1.165) is 12.1 Å². The van der Waals surface area contributed by atoms with Crippen molar-refractivity contribution in [1.82, 2.24) is 15.5 Å². The lowest BCUT2D eigenvalue weighted by atomic mass is 10.1. The number of aromatic nitrogens is 2. The van der Waals surface area contributed by atoms with Crippen molar-refractivity contribution < 1.29 is 9.53 Å². The van der Waals surface area contributed by atoms with Gasteiger partial charge in [-0.3, -0.25) is 9.89 Å². The maximum Gasteiger partial charge on any atom is 0.274 e. The van der Waals surface area contributed by atoms with Crippen LogP contribution >= 0.6 is 0 Å². The van der Waals surface area contributed by atoms with E-state index in [1.807, 2.05) is 27.7 Å². The third-order valence-electron chi connectivity index (χ3n) is 3.07. The minimum atomic E-state index is -0.258. The molecule has 19 heavy (non-hydrogen) atoms. The maximum absolute atomic E-state index is 12.1. The van der Waals surface area contributed by atoms with Gasteiger partial charge in [-0.05, 0) is 19.3 Å². The highest BCUT2D eigenvalue weighted by Crippen LogP contribution is 2.15. The number of carbonyl (C=O) groups is 1. The maximum atomic E-state index is 12.1. The molecule has 0 aromatic carbocycles. The molecule has 1 atom stereocenters. The topological polar surface area (TPSA) is 93.0 Å². The van der Waals surface area contributed by atoms with Gasteiger partial charge in [0.05, 0.1) is 24.0 Å². The minimum Gasteiger partial charge on any atom is -0.395 e. The molecule has 0 aliphatic rings. The van der Waals surface area contributed by atoms with E-state index in [2.05, 4.69) is 15.5 Å². The number of nitrogens with one attached hydrogen (secondary N) is 2. The Kier molecular flexibility index (Phi) is 5.82. The minimum absolute atomic E-state index is 0.0476. The highest BCUT2D eigenvalue weighted by atomic mass is 16.5. The number of nitrogen functional groups attached to an aromatic ring is 1. The number of amides is 1. The average molecular weight is 268 g/mol. The van der Waals surface area contributed by atoms with Gasteiger partial charge in [-0.25, -0.2) is 0 Å². The fraction of sp³-hybridized carbons (Fsp3) is 0.692. The molecule has 0 aliphatic carbocycles. The number of carbonyl (C=O) groups excluding carboxylic acids is 1. The predicted octanol–water partition coefficient (Wildman–Crippen LogP) is 1.35. The zero-order valence-electron chi connectivity index (χ0n) is 12.1. The van der Waals surface area contributed by atoms with Gasteiger partial charge < -0.3 is 15.8 Å². The molecular formula is C13H24N4O2. The van der Waals surface area contributed by atoms with Crippen LogP contribution in [0.4, 0.5) is 5.69 Å². The third kappa shape index (κ3) is 3.96. The number of H-pyrrole nitrogens is 1. The fourth-order valence-corrected chi connectivity index (χ4v) is 1.71. The van der Waals surface area contributed by atoms with Crippen molar-refractivity contribution in [3.63, 3.8) is 0 Å². The first-order valence-corrected chi connectivity index (χ1v) is 6.72. The largest absolute Gasteiger partial charge is 0.395 e. The van der Waals surface area contributed by atoms with Crippen LogP contribution in [-0.2, 0) is 11.2 Å². The van der Waals surface area contributed by atoms with Crippen LogP contribution in [0.1, 0.15) is 43.9 Å². The van der Waals surface area contributed by atoms with Crippen LogP contribution < -0.4 is 11.1 Å². The molecule has 0 aliphatic heterocycles. The smallest absolute Gasteiger partial charge is 0.274 e. The van der Waals surface area contributed by atoms with Crippen LogP contribution in [0.2, 0.25) is 0 Å². The van der Waals surface area contributed by atoms with E-state index in [1.165, 1.54) is 0 Å². The van der Waals surface area contributed by atoms with E-state index in [9.17, 15) is 4.79 Å². The number of nitrogens with two attached hydrogens (primary N) is 1. The van der Waals surface area contributed by atoms with Crippen molar-refractivity contribution in [1.29, 1.82) is 0 Å². The fourth-order valence-electron chi connectivity index (χ4n) is 1.71. The molecule has 6 heteroatoms. The zero-order chi connectivity index (χ0) is 14.4. The lowest BCUT2D eigenvalue weighted by Crippen LogP contribution is -2.42. The standard InChI is InChI=1S/C13H24N4O2/c1-5-9-11(14)12(17-16-9)13(18)15-10(8(3)4)7-19-6-2/h8,10H,5-7,14H2,1-4H3,(H,15,18)(H,16,17). The van der Waals surface area contributed by atoms with E-state index >= 15 is 0 Å². The molecule has 108 valence electrons. The Morgan fingerprint density at radius 2 is 2.16 bits per heavy atom. The van der Waals surface area contributed by atoms with Crippen LogP contribution in [-0.4, -0.2) is 35.4 Å². The van der Waals surface area contributed by atoms with Crippen LogP contribution in [0.25, 0.3) is 0 Å². The number of anilines is 1. The van der Waals surface area contributed by atoms with Crippen LogP contribution in [0.15, 0.2) is 0 Å². The number of aromatic amines is 1. The van der Waals surface area contributed by atoms with Crippen molar-refractivity contribution in [3.8, 4) is 0 Å². The third-order valence-corrected chi connectivity index (χ3v) is 3.07. The van der Waals surface area contributed by atoms with Gasteiger partial charge in [0.1, 0.15) is 0 Å². The van der Waals surface area contributed by atoms with Crippen molar-refractivity contribution in [3.05, 3.63) is 11.4 Å². The van der Waals surface area contributed by atoms with Gasteiger partial charge in [0, 0.05) is 6.61 Å². The zero-order valence-corrected chi connectivity index (χ0v) is 12.1. The molecule has 0 radical (unpaired) electrons. The number of aryl methyl sites for hydroxylation is 1. The molecule has 0 fully saturated rings. The summed E-state index contributed by atoms with van der Waals surface area (Å²) in [6.45, 7) is 9.08. The Hall–Kier alpha value is -1.56. The second kappa shape index (κ2) is 7.13. The van der Waals surface area contributed by atoms with Gasteiger partial charge in [-0.15, -0.1) is 0 Å². The molecule has 1 aromatic heterocycles. The lowest BCUT2D eigenvalue weighted by Gasteiger charge is -2.21. The first-order chi connectivity index (χ1) is 9.01. The monoisotopic (exact) mass is 268 g/mol. The van der Waals surface area contributed by atoms with Crippen molar-refractivity contribution in [2.24, 2.45) is 5.92 Å². The number of hydrogen-bond acceptors (Lipinski definition) is 4. The molecule has 1 rings (SSSR count). The Morgan fingerprint density at radius 3 is 2.63 bits per heavy atom. The van der Waals surface area contributed by atoms with Gasteiger partial charge in [0.15, 0.2) is 5.69 Å². The molecular weight excluding hydrogens is 244 g/mol. The SMILES string of the molecule is CCOCC(NC(=O)c1n[nH]c(CC)c1N)C(C)C. The first kappa shape index (κ1) is 15.5. The summed E-state index contributed by atoms with van der Waals surface area (Å²) in [5, 5.41) is 9.68. The normalized spacial score (nSPS) is 12.7. The molecule has 1 heterocycles. The summed E-state index contributed by atoms with van der Waals surface area (Å²) in [6.07, 6.45) is 0.721. The Balaban J connectivity index is 2.73. The van der Waals surface area contributed by atoms with Crippen molar-refractivity contribution in [2.45, 2.75) is 40.2 Å². The Labute approximate surface area is 114 Å². The summed E-state index contributed by atoms with van der Waals surface area (Å²) in [6, 6.07) is -0.0476. The summed E-state index contributed by atoms with van der Waals surface area (Å²) < 4.78 is 5.38. The second-order valence-electron chi connectivity index (χ2n) is 4.80. The molecule has 1 amide bonds. The molecule has 0 saturated heterocycles. The molecule has 4 N–H and O–H groups in total. The number of nitrogens with zero attached hydrogens (tertiary/aromatic N) is 1. The molecule has 0 bridgehead atoms. The van der Waals surface area contributed by atoms with Crippen LogP contribution in [0.5, 0.6) is 0 Å². The summed E-state index contributed by atoms with van der Waals surface area (Å²) in [5.74, 6) is 0.0214. The number of hydrogen-bond donors (Lipinski definition) is 3. The van der Waals surface area contributed by atoms with Gasteiger partial charge >= 0.3 is 0 Å². The Morgan fingerprint density at radius 1 is 1.47 bits per heavy atom. The van der Waals surface area contributed by atoms with Crippen LogP contribution in [0.3, 0.4) is 0 Å². The summed E-state index contributed by atoms with van der Waals surface area (Å²) >= 11 is 0. The average Bonchev–Trinajstić information content (AvgIpc) is 2.75. The highest BCUT2D eigenvalue weighted by Gasteiger charge is 2.21. The van der Waals surface area contributed by atoms with E-state index in [-0.39, 0.29) is 23.6 Å². The Bertz CT molecular complexity index is 415. The summed E-state index contributed by atoms with van der Waals surface area (Å²) in [7, 11) is 0. The summed E-state index contributed by atoms with van der Waals surface area (Å²) in [4.78, 5) is 12.1. The van der Waals surface area contributed by atoms with E-state index in [4.69, 9.17) is 10.5 Å².